The highest BCUT2D eigenvalue weighted by Crippen LogP contribution is 1.78. The highest BCUT2D eigenvalue weighted by molar-refractivity contribution is 5.56. The number of hydrogen-bond donors (Lipinski definition) is 3. The quantitative estimate of drug-likeness (QED) is 0.428. The van der Waals surface area contributed by atoms with E-state index in [-0.39, 0.29) is 19.2 Å². The second-order valence-corrected chi connectivity index (χ2v) is 1.57. The predicted molar refractivity (Wildman–Crippen MR) is 31.0 cm³/mol. The van der Waals surface area contributed by atoms with Crippen LogP contribution in [0.15, 0.2) is 0 Å². The molecule has 0 amide bonds. The van der Waals surface area contributed by atoms with Crippen LogP contribution < -0.4 is 11.5 Å². The van der Waals surface area contributed by atoms with Gasteiger partial charge in [0.25, 0.3) is 0 Å². The van der Waals surface area contributed by atoms with Crippen molar-refractivity contribution in [2.24, 2.45) is 11.5 Å². The van der Waals surface area contributed by atoms with E-state index in [1.54, 1.807) is 0 Å². The molecule has 0 aliphatic rings. The van der Waals surface area contributed by atoms with Crippen LogP contribution in [0.25, 0.3) is 0 Å². The summed E-state index contributed by atoms with van der Waals surface area (Å²) in [4.78, 5) is 9.70. The molecule has 0 bridgehead atoms. The molecule has 0 heterocycles. The monoisotopic (exact) mass is 134 g/mol. The van der Waals surface area contributed by atoms with Crippen LogP contribution in [0.5, 0.6) is 0 Å². The van der Waals surface area contributed by atoms with E-state index in [1.165, 1.54) is 0 Å². The maximum absolute atomic E-state index is 9.70. The Morgan fingerprint density at radius 2 is 2.33 bits per heavy atom. The van der Waals surface area contributed by atoms with Crippen molar-refractivity contribution in [2.75, 3.05) is 13.2 Å². The molecule has 0 fully saturated rings. The Morgan fingerprint density at radius 3 is 2.67 bits per heavy atom. The summed E-state index contributed by atoms with van der Waals surface area (Å²) in [5.74, 6) is 0. The number of hydrogen-bond acceptors (Lipinski definition) is 4. The Labute approximate surface area is 52.6 Å². The van der Waals surface area contributed by atoms with Gasteiger partial charge in [0.05, 0.1) is 6.04 Å². The predicted octanol–water partition coefficient (Wildman–Crippen LogP) is -1.03. The molecule has 5 nitrogen and oxygen atoms in total. The first-order valence-corrected chi connectivity index (χ1v) is 2.48. The van der Waals surface area contributed by atoms with E-state index >= 15 is 0 Å². The summed E-state index contributed by atoms with van der Waals surface area (Å²) in [6, 6.07) is -0.388. The molecule has 5 heteroatoms. The number of nitrogens with two attached hydrogens (primary N) is 2. The zero-order chi connectivity index (χ0) is 7.28. The molecule has 0 aromatic carbocycles. The van der Waals surface area contributed by atoms with Crippen LogP contribution in [-0.4, -0.2) is 30.5 Å². The second kappa shape index (κ2) is 4.11. The van der Waals surface area contributed by atoms with Crippen molar-refractivity contribution >= 4 is 6.16 Å². The van der Waals surface area contributed by atoms with Crippen LogP contribution in [0.4, 0.5) is 4.79 Å². The van der Waals surface area contributed by atoms with Gasteiger partial charge in [-0.2, -0.15) is 0 Å². The number of carboxylic acid groups (broad SMARTS) is 1. The lowest BCUT2D eigenvalue weighted by Crippen LogP contribution is -2.34. The van der Waals surface area contributed by atoms with Gasteiger partial charge in [-0.05, 0) is 0 Å². The first kappa shape index (κ1) is 8.19. The fourth-order valence-electron chi connectivity index (χ4n) is 0.246. The lowest BCUT2D eigenvalue weighted by molar-refractivity contribution is 0.0869. The summed E-state index contributed by atoms with van der Waals surface area (Å²) in [5.41, 5.74) is 10.3. The number of rotatable bonds is 3. The molecule has 0 radical (unpaired) electrons. The third-order valence-corrected chi connectivity index (χ3v) is 0.724. The third-order valence-electron chi connectivity index (χ3n) is 0.724. The van der Waals surface area contributed by atoms with Gasteiger partial charge < -0.3 is 21.3 Å². The molecular formula is C4H10N2O3. The third kappa shape index (κ3) is 5.05. The summed E-state index contributed by atoms with van der Waals surface area (Å²) >= 11 is 0. The Bertz CT molecular complexity index is 95.8. The Morgan fingerprint density at radius 1 is 1.78 bits per heavy atom. The van der Waals surface area contributed by atoms with Crippen molar-refractivity contribution in [3.63, 3.8) is 0 Å². The maximum Gasteiger partial charge on any atom is 0.505 e. The van der Waals surface area contributed by atoms with Crippen LogP contribution in [0.2, 0.25) is 0 Å². The van der Waals surface area contributed by atoms with Gasteiger partial charge in [0.2, 0.25) is 0 Å². The minimum Gasteiger partial charge on any atom is -0.450 e. The molecule has 5 N–H and O–H groups in total. The number of ether oxygens (including phenoxy) is 1. The molecule has 0 spiro atoms. The fraction of sp³-hybridized carbons (Fsp3) is 0.750. The van der Waals surface area contributed by atoms with E-state index < -0.39 is 6.16 Å². The Balaban J connectivity index is 3.16. The van der Waals surface area contributed by atoms with Gasteiger partial charge >= 0.3 is 6.16 Å². The molecule has 9 heavy (non-hydrogen) atoms. The standard InChI is InChI=1S/C4H10N2O3/c5-1-3(6)2-9-4(7)8/h3H,1-2,5-6H2,(H,7,8). The maximum atomic E-state index is 9.70. The minimum absolute atomic E-state index is 0.0359. The highest BCUT2D eigenvalue weighted by Gasteiger charge is 2.01. The molecule has 0 saturated heterocycles. The zero-order valence-electron chi connectivity index (χ0n) is 4.91. The van der Waals surface area contributed by atoms with E-state index in [0.717, 1.165) is 0 Å². The molecule has 0 saturated carbocycles. The van der Waals surface area contributed by atoms with Gasteiger partial charge in [0.1, 0.15) is 6.61 Å². The molecule has 54 valence electrons. The second-order valence-electron chi connectivity index (χ2n) is 1.57. The van der Waals surface area contributed by atoms with Gasteiger partial charge in [0.15, 0.2) is 0 Å². The first-order valence-electron chi connectivity index (χ1n) is 2.48. The van der Waals surface area contributed by atoms with Crippen LogP contribution >= 0.6 is 0 Å². The Hall–Kier alpha value is -0.810. The zero-order valence-corrected chi connectivity index (χ0v) is 4.91. The van der Waals surface area contributed by atoms with Crippen LogP contribution in [-0.2, 0) is 4.74 Å². The SMILES string of the molecule is NCC(N)COC(=O)O. The summed E-state index contributed by atoms with van der Waals surface area (Å²) in [7, 11) is 0. The van der Waals surface area contributed by atoms with E-state index in [4.69, 9.17) is 16.6 Å². The highest BCUT2D eigenvalue weighted by atomic mass is 16.7. The van der Waals surface area contributed by atoms with Gasteiger partial charge in [0, 0.05) is 6.54 Å². The average Bonchev–Trinajstić information content (AvgIpc) is 1.83. The van der Waals surface area contributed by atoms with E-state index in [1.807, 2.05) is 0 Å². The smallest absolute Gasteiger partial charge is 0.450 e. The summed E-state index contributed by atoms with van der Waals surface area (Å²) < 4.78 is 4.11. The average molecular weight is 134 g/mol. The van der Waals surface area contributed by atoms with Gasteiger partial charge in [-0.15, -0.1) is 0 Å². The molecule has 0 aromatic rings. The van der Waals surface area contributed by atoms with Crippen LogP contribution in [0.3, 0.4) is 0 Å². The van der Waals surface area contributed by atoms with Crippen molar-refractivity contribution in [1.29, 1.82) is 0 Å². The summed E-state index contributed by atoms with van der Waals surface area (Å²) in [6.45, 7) is 0.194. The molecule has 1 atom stereocenters. The Kier molecular flexibility index (Phi) is 3.74. The fourth-order valence-corrected chi connectivity index (χ4v) is 0.246. The van der Waals surface area contributed by atoms with Gasteiger partial charge in [-0.1, -0.05) is 0 Å². The summed E-state index contributed by atoms with van der Waals surface area (Å²) in [6.07, 6.45) is -1.32. The van der Waals surface area contributed by atoms with Crippen molar-refractivity contribution in [3.05, 3.63) is 0 Å². The van der Waals surface area contributed by atoms with Crippen molar-refractivity contribution in [1.82, 2.24) is 0 Å². The summed E-state index contributed by atoms with van der Waals surface area (Å²) in [5, 5.41) is 7.94. The largest absolute Gasteiger partial charge is 0.505 e. The topological polar surface area (TPSA) is 98.6 Å². The van der Waals surface area contributed by atoms with Crippen molar-refractivity contribution in [3.8, 4) is 0 Å². The normalized spacial score (nSPS) is 12.7. The number of carbonyl (C=O) groups is 1. The molecule has 0 aromatic heterocycles. The molecule has 1 unspecified atom stereocenters. The van der Waals surface area contributed by atoms with E-state index in [2.05, 4.69) is 4.74 Å². The van der Waals surface area contributed by atoms with E-state index in [9.17, 15) is 4.79 Å². The van der Waals surface area contributed by atoms with Gasteiger partial charge in [-0.25, -0.2) is 4.79 Å². The lowest BCUT2D eigenvalue weighted by atomic mass is 10.3. The van der Waals surface area contributed by atoms with Crippen LogP contribution in [0.1, 0.15) is 0 Å². The molecule has 0 aliphatic heterocycles. The molecule has 0 rings (SSSR count). The lowest BCUT2D eigenvalue weighted by Gasteiger charge is -2.05. The molecule has 0 aliphatic carbocycles. The van der Waals surface area contributed by atoms with E-state index in [0.29, 0.717) is 0 Å². The van der Waals surface area contributed by atoms with Gasteiger partial charge in [-0.3, -0.25) is 0 Å². The van der Waals surface area contributed by atoms with Crippen molar-refractivity contribution in [2.45, 2.75) is 6.04 Å². The van der Waals surface area contributed by atoms with Crippen LogP contribution in [0, 0.1) is 0 Å². The van der Waals surface area contributed by atoms with Crippen molar-refractivity contribution < 1.29 is 14.6 Å². The first-order chi connectivity index (χ1) is 4.16. The molecular weight excluding hydrogens is 124 g/mol. The minimum atomic E-state index is -1.32.